The maximum Gasteiger partial charge on any atom is 0.325 e. The number of aliphatic carboxylic acids is 1. The second-order valence-corrected chi connectivity index (χ2v) is 31.1. The van der Waals surface area contributed by atoms with Crippen LogP contribution in [0.3, 0.4) is 0 Å². The summed E-state index contributed by atoms with van der Waals surface area (Å²) in [5, 5.41) is 53.8. The van der Waals surface area contributed by atoms with E-state index in [0.29, 0.717) is 30.7 Å². The highest BCUT2D eigenvalue weighted by atomic mass is 32.2. The van der Waals surface area contributed by atoms with Crippen LogP contribution in [-0.4, -0.2) is 134 Å². The standard InChI is InChI=1S/C9H16N4O.C8H14N4O2.C7H14O.C6H12N4.C6H15O2P.C6H14O2S.C5H13BO/c1-7(14)6-13-11-8(10-12-13)5-9(2,3)4;1-8(2,3)4-6-9-10-11-12(6)5-7(13)14;1-6(8)5-7(2,3)4;1-6(2,3)4-5-7-9-10-8-5;2*1-6(2,3)5-9(4,7)8;1-5(2,3)6(4)7/h5-6H2,1-4H3;4-5H2,1-3H3,(H,13,14);5H2,1-4H3;4H2,1-3H3,(H,7,8,9,10);5H2,1-4H3,(H,7,8);5H2,1-4H3;7H,1-4H3. The minimum Gasteiger partial charge on any atom is -0.480 e. The smallest absolute Gasteiger partial charge is 0.325 e. The summed E-state index contributed by atoms with van der Waals surface area (Å²) in [6.45, 7) is 48.9. The second kappa shape index (κ2) is 31.0. The topological polar surface area (TPSA) is 305 Å². The SMILES string of the molecule is CB(O)C(C)(C)C.CC(=O)CC(C)(C)C.CC(=O)Cn1nnc(CC(C)(C)C)n1.CC(C)(C)CP(C)(=O)O.CC(C)(C)CS(C)(=O)=O.CC(C)(C)Cc1nn[nH]n1.CC(C)(C)Cc1nnnn1CC(=O)O. The Balaban J connectivity index is -0.000000375. The van der Waals surface area contributed by atoms with Gasteiger partial charge in [-0.25, -0.2) is 13.1 Å². The highest BCUT2D eigenvalue weighted by Gasteiger charge is 2.23. The van der Waals surface area contributed by atoms with E-state index in [0.717, 1.165) is 18.7 Å². The zero-order valence-electron chi connectivity index (χ0n) is 48.8. The van der Waals surface area contributed by atoms with Gasteiger partial charge in [0, 0.05) is 44.8 Å². The average Bonchev–Trinajstić information content (AvgIpc) is 3.79. The van der Waals surface area contributed by atoms with E-state index in [-0.39, 0.29) is 75.1 Å². The van der Waals surface area contributed by atoms with Crippen LogP contribution in [0, 0.1) is 32.5 Å². The predicted octanol–water partition coefficient (Wildman–Crippen LogP) is 8.41. The van der Waals surface area contributed by atoms with Crippen LogP contribution in [0.5, 0.6) is 0 Å². The number of carboxylic acid groups (broad SMARTS) is 1. The molecule has 0 aliphatic heterocycles. The van der Waals surface area contributed by atoms with E-state index in [4.69, 9.17) is 15.0 Å². The summed E-state index contributed by atoms with van der Waals surface area (Å²) in [4.78, 5) is 42.0. The molecule has 3 heterocycles. The van der Waals surface area contributed by atoms with E-state index in [1.165, 1.54) is 29.3 Å². The number of hydrogen-bond donors (Lipinski definition) is 4. The fourth-order valence-corrected chi connectivity index (χ4v) is 8.64. The van der Waals surface area contributed by atoms with Gasteiger partial charge in [-0.15, -0.1) is 25.5 Å². The van der Waals surface area contributed by atoms with Crippen molar-refractivity contribution < 1.29 is 42.4 Å². The van der Waals surface area contributed by atoms with Gasteiger partial charge in [0.05, 0.1) is 5.75 Å². The molecular weight excluding hydrogens is 950 g/mol. The lowest BCUT2D eigenvalue weighted by Crippen LogP contribution is -2.20. The number of tetrazole rings is 3. The molecule has 0 aliphatic rings. The van der Waals surface area contributed by atoms with Crippen LogP contribution in [0.15, 0.2) is 0 Å². The lowest BCUT2D eigenvalue weighted by molar-refractivity contribution is -0.138. The Morgan fingerprint density at radius 2 is 1.11 bits per heavy atom. The third kappa shape index (κ3) is 58.6. The predicted molar refractivity (Wildman–Crippen MR) is 285 cm³/mol. The summed E-state index contributed by atoms with van der Waals surface area (Å²) >= 11 is 0. The van der Waals surface area contributed by atoms with Crippen LogP contribution in [0.4, 0.5) is 0 Å². The van der Waals surface area contributed by atoms with Crippen LogP contribution in [-0.2, 0) is 61.1 Å². The number of sulfone groups is 1. The molecule has 0 aliphatic carbocycles. The Hall–Kier alpha value is -3.82. The summed E-state index contributed by atoms with van der Waals surface area (Å²) < 4.78 is 33.4. The van der Waals surface area contributed by atoms with Crippen LogP contribution in [0.2, 0.25) is 12.1 Å². The van der Waals surface area contributed by atoms with Crippen LogP contribution in [0.25, 0.3) is 0 Å². The van der Waals surface area contributed by atoms with Crippen molar-refractivity contribution in [1.29, 1.82) is 0 Å². The molecule has 1 unspecified atom stereocenters. The molecule has 0 spiro atoms. The first-order valence-corrected chi connectivity index (χ1v) is 28.1. The van der Waals surface area contributed by atoms with Gasteiger partial charge in [-0.2, -0.15) is 10.0 Å². The van der Waals surface area contributed by atoms with E-state index in [1.807, 2.05) is 83.1 Å². The van der Waals surface area contributed by atoms with Gasteiger partial charge in [0.25, 0.3) is 6.92 Å². The maximum atomic E-state index is 10.8. The lowest BCUT2D eigenvalue weighted by Gasteiger charge is -2.19. The molecule has 0 saturated heterocycles. The van der Waals surface area contributed by atoms with E-state index in [1.54, 1.807) is 13.7 Å². The van der Waals surface area contributed by atoms with Crippen molar-refractivity contribution in [3.63, 3.8) is 0 Å². The van der Waals surface area contributed by atoms with Crippen LogP contribution < -0.4 is 0 Å². The first-order chi connectivity index (χ1) is 31.1. The zero-order valence-corrected chi connectivity index (χ0v) is 50.5. The Morgan fingerprint density at radius 1 is 0.662 bits per heavy atom. The van der Waals surface area contributed by atoms with Gasteiger partial charge in [-0.05, 0) is 67.3 Å². The molecule has 3 rings (SSSR count). The summed E-state index contributed by atoms with van der Waals surface area (Å²) in [6.07, 6.45) is 4.65. The molecule has 24 heteroatoms. The molecule has 71 heavy (non-hydrogen) atoms. The number of nitrogens with one attached hydrogen (secondary N) is 1. The zero-order chi connectivity index (χ0) is 57.4. The quantitative estimate of drug-likeness (QED) is 0.109. The molecule has 0 fully saturated rings. The summed E-state index contributed by atoms with van der Waals surface area (Å²) in [5.74, 6) is 1.72. The van der Waals surface area contributed by atoms with Crippen molar-refractivity contribution in [2.75, 3.05) is 24.8 Å². The lowest BCUT2D eigenvalue weighted by atomic mass is 9.50. The fraction of sp³-hybridized carbons (Fsp3) is 0.872. The number of aromatic nitrogens is 12. The number of H-pyrrole nitrogens is 1. The van der Waals surface area contributed by atoms with Gasteiger partial charge in [0.15, 0.2) is 30.6 Å². The van der Waals surface area contributed by atoms with Crippen molar-refractivity contribution in [2.45, 2.75) is 210 Å². The molecule has 0 radical (unpaired) electrons. The molecule has 414 valence electrons. The van der Waals surface area contributed by atoms with Crippen molar-refractivity contribution in [1.82, 2.24) is 61.0 Å². The Labute approximate surface area is 428 Å². The number of Topliss-reactive ketones (excluding diaryl/α,β-unsaturated/α-hetero) is 2. The average molecular weight is 1050 g/mol. The van der Waals surface area contributed by atoms with Crippen LogP contribution in [0.1, 0.15) is 183 Å². The molecule has 4 N–H and O–H groups in total. The van der Waals surface area contributed by atoms with Crippen molar-refractivity contribution >= 4 is 41.7 Å². The molecule has 0 aromatic carbocycles. The maximum absolute atomic E-state index is 10.8. The number of rotatable bonds is 10. The first-order valence-electron chi connectivity index (χ1n) is 23.7. The molecule has 0 saturated carbocycles. The molecular formula is C47H98BN12O9PS. The molecule has 3 aromatic heterocycles. The molecule has 21 nitrogen and oxygen atoms in total. The highest BCUT2D eigenvalue weighted by molar-refractivity contribution is 7.90. The number of ketones is 2. The minimum absolute atomic E-state index is 0.0287. The number of carbonyl (C=O) groups is 3. The Kier molecular flexibility index (Phi) is 32.2. The Bertz CT molecular complexity index is 2110. The number of nitrogens with zero attached hydrogens (tertiary/aromatic N) is 11. The van der Waals surface area contributed by atoms with Gasteiger partial charge in [0.2, 0.25) is 0 Å². The number of hydrogen-bond acceptors (Lipinski definition) is 16. The summed E-state index contributed by atoms with van der Waals surface area (Å²) in [5.41, 5.74) is 0.470. The third-order valence-corrected chi connectivity index (χ3v) is 10.6. The normalized spacial score (nSPS) is 12.9. The number of aromatic amines is 1. The summed E-state index contributed by atoms with van der Waals surface area (Å²) in [7, 11) is -5.57. The van der Waals surface area contributed by atoms with Crippen molar-refractivity contribution in [3.8, 4) is 0 Å². The van der Waals surface area contributed by atoms with Gasteiger partial charge in [0.1, 0.15) is 28.7 Å². The van der Waals surface area contributed by atoms with Gasteiger partial charge >= 0.3 is 5.97 Å². The Morgan fingerprint density at radius 3 is 1.37 bits per heavy atom. The number of carbonyl (C=O) groups excluding carboxylic acids is 2. The van der Waals surface area contributed by atoms with Crippen LogP contribution >= 0.6 is 7.37 Å². The highest BCUT2D eigenvalue weighted by Crippen LogP contribution is 2.41. The van der Waals surface area contributed by atoms with E-state index >= 15 is 0 Å². The molecule has 1 atom stereocenters. The molecule has 0 amide bonds. The number of carboxylic acids is 1. The van der Waals surface area contributed by atoms with E-state index < -0.39 is 23.2 Å². The van der Waals surface area contributed by atoms with Gasteiger partial charge in [-0.1, -0.05) is 157 Å². The summed E-state index contributed by atoms with van der Waals surface area (Å²) in [6, 6.07) is 0. The van der Waals surface area contributed by atoms with Gasteiger partial charge in [-0.3, -0.25) is 14.2 Å². The molecule has 3 aromatic rings. The first kappa shape index (κ1) is 73.7. The fourth-order valence-electron chi connectivity index (χ4n) is 5.31. The van der Waals surface area contributed by atoms with Gasteiger partial charge < -0.3 is 19.8 Å². The second-order valence-electron chi connectivity index (χ2n) is 26.5. The van der Waals surface area contributed by atoms with E-state index in [9.17, 15) is 27.4 Å². The third-order valence-electron chi connectivity index (χ3n) is 7.70. The van der Waals surface area contributed by atoms with Crippen molar-refractivity contribution in [2.24, 2.45) is 32.5 Å². The molecule has 0 bridgehead atoms. The monoisotopic (exact) mass is 1050 g/mol. The largest absolute Gasteiger partial charge is 0.480 e. The van der Waals surface area contributed by atoms with Crippen molar-refractivity contribution in [3.05, 3.63) is 17.5 Å². The minimum atomic E-state index is -2.79. The van der Waals surface area contributed by atoms with E-state index in [2.05, 4.69) is 114 Å².